The molecule has 1 fully saturated rings. The Bertz CT molecular complexity index is 343. The number of ether oxygens (including phenoxy) is 1. The molecule has 1 saturated heterocycles. The average molecular weight is 269 g/mol. The van der Waals surface area contributed by atoms with Gasteiger partial charge in [-0.3, -0.25) is 0 Å². The van der Waals surface area contributed by atoms with Crippen LogP contribution in [0.1, 0.15) is 47.5 Å². The molecule has 0 radical (unpaired) electrons. The lowest BCUT2D eigenvalue weighted by atomic mass is 9.92. The lowest BCUT2D eigenvalue weighted by Gasteiger charge is -2.32. The zero-order chi connectivity index (χ0) is 14.6. The van der Waals surface area contributed by atoms with Crippen LogP contribution in [0.15, 0.2) is 11.1 Å². The summed E-state index contributed by atoms with van der Waals surface area (Å²) in [5.74, 6) is 0.369. The Morgan fingerprint density at radius 2 is 1.84 bits per heavy atom. The van der Waals surface area contributed by atoms with Gasteiger partial charge in [-0.2, -0.15) is 0 Å². The van der Waals surface area contributed by atoms with Crippen molar-refractivity contribution in [2.75, 3.05) is 19.7 Å². The SMILES string of the molecule is CC(C)C(CO)=C1CCN(C(=O)OC(C)(C)C)CC1. The van der Waals surface area contributed by atoms with E-state index in [1.54, 1.807) is 4.90 Å². The number of aliphatic hydroxyl groups is 1. The molecule has 0 saturated carbocycles. The molecule has 0 unspecified atom stereocenters. The first kappa shape index (κ1) is 16.0. The molecular formula is C15H27NO3. The molecule has 1 aliphatic heterocycles. The topological polar surface area (TPSA) is 49.8 Å². The molecular weight excluding hydrogens is 242 g/mol. The van der Waals surface area contributed by atoms with Gasteiger partial charge in [0.1, 0.15) is 5.60 Å². The Morgan fingerprint density at radius 1 is 1.32 bits per heavy atom. The fraction of sp³-hybridized carbons (Fsp3) is 0.800. The van der Waals surface area contributed by atoms with Crippen LogP contribution >= 0.6 is 0 Å². The van der Waals surface area contributed by atoms with Crippen LogP contribution in [0.3, 0.4) is 0 Å². The van der Waals surface area contributed by atoms with Crippen LogP contribution in [-0.4, -0.2) is 41.4 Å². The van der Waals surface area contributed by atoms with Crippen molar-refractivity contribution in [1.82, 2.24) is 4.90 Å². The highest BCUT2D eigenvalue weighted by molar-refractivity contribution is 5.68. The van der Waals surface area contributed by atoms with Gasteiger partial charge in [0.25, 0.3) is 0 Å². The Balaban J connectivity index is 2.60. The second kappa shape index (κ2) is 6.42. The van der Waals surface area contributed by atoms with Crippen LogP contribution in [0, 0.1) is 5.92 Å². The van der Waals surface area contributed by atoms with E-state index in [4.69, 9.17) is 4.74 Å². The van der Waals surface area contributed by atoms with E-state index < -0.39 is 5.60 Å². The number of aliphatic hydroxyl groups excluding tert-OH is 1. The highest BCUT2D eigenvalue weighted by atomic mass is 16.6. The molecule has 110 valence electrons. The minimum Gasteiger partial charge on any atom is -0.444 e. The first-order chi connectivity index (χ1) is 8.74. The van der Waals surface area contributed by atoms with E-state index >= 15 is 0 Å². The molecule has 0 spiro atoms. The summed E-state index contributed by atoms with van der Waals surface area (Å²) >= 11 is 0. The number of amides is 1. The largest absolute Gasteiger partial charge is 0.444 e. The number of nitrogens with zero attached hydrogens (tertiary/aromatic N) is 1. The van der Waals surface area contributed by atoms with Crippen molar-refractivity contribution >= 4 is 6.09 Å². The Labute approximate surface area is 116 Å². The second-order valence-corrected chi connectivity index (χ2v) is 6.41. The lowest BCUT2D eigenvalue weighted by molar-refractivity contribution is 0.0235. The van der Waals surface area contributed by atoms with E-state index in [-0.39, 0.29) is 12.7 Å². The Hall–Kier alpha value is -1.03. The minimum atomic E-state index is -0.443. The van der Waals surface area contributed by atoms with Gasteiger partial charge in [0.15, 0.2) is 0 Å². The van der Waals surface area contributed by atoms with Crippen LogP contribution in [0.2, 0.25) is 0 Å². The van der Waals surface area contributed by atoms with Gasteiger partial charge in [0, 0.05) is 13.1 Å². The maximum atomic E-state index is 11.9. The average Bonchev–Trinajstić information content (AvgIpc) is 2.28. The number of piperidine rings is 1. The predicted octanol–water partition coefficient (Wildman–Crippen LogP) is 2.96. The number of carbonyl (C=O) groups is 1. The van der Waals surface area contributed by atoms with E-state index in [2.05, 4.69) is 13.8 Å². The molecule has 1 aliphatic rings. The van der Waals surface area contributed by atoms with E-state index in [0.29, 0.717) is 19.0 Å². The third-order valence-electron chi connectivity index (χ3n) is 3.34. The van der Waals surface area contributed by atoms with Gasteiger partial charge in [0.05, 0.1) is 6.61 Å². The van der Waals surface area contributed by atoms with E-state index in [9.17, 15) is 9.90 Å². The molecule has 4 nitrogen and oxygen atoms in total. The summed E-state index contributed by atoms with van der Waals surface area (Å²) in [5.41, 5.74) is 1.99. The van der Waals surface area contributed by atoms with E-state index in [0.717, 1.165) is 18.4 Å². The standard InChI is InChI=1S/C15H27NO3/c1-11(2)13(10-17)12-6-8-16(9-7-12)14(18)19-15(3,4)5/h11,17H,6-10H2,1-5H3. The molecule has 0 bridgehead atoms. The summed E-state index contributed by atoms with van der Waals surface area (Å²) in [7, 11) is 0. The van der Waals surface area contributed by atoms with E-state index in [1.807, 2.05) is 20.8 Å². The molecule has 0 aromatic carbocycles. The van der Waals surface area contributed by atoms with Crippen molar-refractivity contribution < 1.29 is 14.6 Å². The monoisotopic (exact) mass is 269 g/mol. The molecule has 0 aliphatic carbocycles. The van der Waals surface area contributed by atoms with Crippen molar-refractivity contribution in [3.05, 3.63) is 11.1 Å². The van der Waals surface area contributed by atoms with Crippen molar-refractivity contribution in [2.24, 2.45) is 5.92 Å². The maximum Gasteiger partial charge on any atom is 0.410 e. The highest BCUT2D eigenvalue weighted by Gasteiger charge is 2.25. The molecule has 0 atom stereocenters. The first-order valence-electron chi connectivity index (χ1n) is 7.04. The third-order valence-corrected chi connectivity index (χ3v) is 3.34. The molecule has 19 heavy (non-hydrogen) atoms. The van der Waals surface area contributed by atoms with Gasteiger partial charge >= 0.3 is 6.09 Å². The van der Waals surface area contributed by atoms with Gasteiger partial charge in [-0.1, -0.05) is 19.4 Å². The zero-order valence-electron chi connectivity index (χ0n) is 12.8. The van der Waals surface area contributed by atoms with Crippen LogP contribution in [0.25, 0.3) is 0 Å². The van der Waals surface area contributed by atoms with Crippen LogP contribution in [-0.2, 0) is 4.74 Å². The summed E-state index contributed by atoms with van der Waals surface area (Å²) in [6.45, 7) is 11.3. The van der Waals surface area contributed by atoms with Crippen molar-refractivity contribution in [1.29, 1.82) is 0 Å². The third kappa shape index (κ3) is 4.86. The first-order valence-corrected chi connectivity index (χ1v) is 7.04. The maximum absolute atomic E-state index is 11.9. The number of carbonyl (C=O) groups excluding carboxylic acids is 1. The molecule has 0 aromatic heterocycles. The summed E-state index contributed by atoms with van der Waals surface area (Å²) in [4.78, 5) is 13.7. The van der Waals surface area contributed by atoms with Crippen LogP contribution in [0.4, 0.5) is 4.79 Å². The smallest absolute Gasteiger partial charge is 0.410 e. The summed E-state index contributed by atoms with van der Waals surface area (Å²) in [6, 6.07) is 0. The highest BCUT2D eigenvalue weighted by Crippen LogP contribution is 2.25. The van der Waals surface area contributed by atoms with Crippen LogP contribution in [0.5, 0.6) is 0 Å². The quantitative estimate of drug-likeness (QED) is 0.784. The summed E-state index contributed by atoms with van der Waals surface area (Å²) < 4.78 is 5.37. The summed E-state index contributed by atoms with van der Waals surface area (Å²) in [6.07, 6.45) is 1.45. The predicted molar refractivity (Wildman–Crippen MR) is 76.0 cm³/mol. The van der Waals surface area contributed by atoms with E-state index in [1.165, 1.54) is 5.57 Å². The molecule has 4 heteroatoms. The van der Waals surface area contributed by atoms with Crippen molar-refractivity contribution in [3.8, 4) is 0 Å². The second-order valence-electron chi connectivity index (χ2n) is 6.41. The Morgan fingerprint density at radius 3 is 2.21 bits per heavy atom. The van der Waals surface area contributed by atoms with Gasteiger partial charge in [0.2, 0.25) is 0 Å². The minimum absolute atomic E-state index is 0.124. The number of hydrogen-bond acceptors (Lipinski definition) is 3. The summed E-state index contributed by atoms with van der Waals surface area (Å²) in [5, 5.41) is 9.41. The van der Waals surface area contributed by atoms with Gasteiger partial charge in [-0.05, 0) is 45.1 Å². The van der Waals surface area contributed by atoms with Gasteiger partial charge in [-0.25, -0.2) is 4.79 Å². The fourth-order valence-corrected chi connectivity index (χ4v) is 2.31. The van der Waals surface area contributed by atoms with Gasteiger partial charge < -0.3 is 14.7 Å². The van der Waals surface area contributed by atoms with Crippen molar-refractivity contribution in [3.63, 3.8) is 0 Å². The normalized spacial score (nSPS) is 16.8. The number of rotatable bonds is 2. The number of likely N-dealkylation sites (tertiary alicyclic amines) is 1. The van der Waals surface area contributed by atoms with Crippen molar-refractivity contribution in [2.45, 2.75) is 53.1 Å². The molecule has 1 amide bonds. The molecule has 1 N–H and O–H groups in total. The lowest BCUT2D eigenvalue weighted by Crippen LogP contribution is -2.40. The molecule has 0 aromatic rings. The molecule has 1 rings (SSSR count). The van der Waals surface area contributed by atoms with Gasteiger partial charge in [-0.15, -0.1) is 0 Å². The zero-order valence-corrected chi connectivity index (χ0v) is 12.8. The number of hydrogen-bond donors (Lipinski definition) is 1. The fourth-order valence-electron chi connectivity index (χ4n) is 2.31. The van der Waals surface area contributed by atoms with Crippen LogP contribution < -0.4 is 0 Å². The Kier molecular flexibility index (Phi) is 5.41. The molecule has 1 heterocycles.